The van der Waals surface area contributed by atoms with E-state index in [9.17, 15) is 14.4 Å². The molecule has 6 nitrogen and oxygen atoms in total. The average molecular weight is 378 g/mol. The molecule has 2 aromatic carbocycles. The van der Waals surface area contributed by atoms with E-state index in [1.165, 1.54) is 0 Å². The van der Waals surface area contributed by atoms with Gasteiger partial charge in [-0.1, -0.05) is 31.0 Å². The molecule has 0 spiro atoms. The minimum atomic E-state index is -0.378. The van der Waals surface area contributed by atoms with E-state index >= 15 is 0 Å². The molecule has 2 aliphatic rings. The Hall–Kier alpha value is -3.15. The first-order valence-corrected chi connectivity index (χ1v) is 9.60. The minimum absolute atomic E-state index is 0.198. The molecule has 1 saturated carbocycles. The van der Waals surface area contributed by atoms with Crippen molar-refractivity contribution in [2.75, 3.05) is 11.9 Å². The van der Waals surface area contributed by atoms with Crippen molar-refractivity contribution in [2.24, 2.45) is 11.8 Å². The van der Waals surface area contributed by atoms with E-state index in [-0.39, 0.29) is 36.1 Å². The van der Waals surface area contributed by atoms with Crippen LogP contribution < -0.4 is 10.1 Å². The Morgan fingerprint density at radius 1 is 0.893 bits per heavy atom. The first kappa shape index (κ1) is 18.2. The van der Waals surface area contributed by atoms with Gasteiger partial charge in [-0.2, -0.15) is 0 Å². The van der Waals surface area contributed by atoms with Gasteiger partial charge < -0.3 is 10.1 Å². The number of nitrogens with zero attached hydrogens (tertiary/aromatic N) is 1. The Labute approximate surface area is 163 Å². The highest BCUT2D eigenvalue weighted by molar-refractivity contribution is 6.08. The van der Waals surface area contributed by atoms with E-state index in [1.54, 1.807) is 24.3 Å². The quantitative estimate of drug-likeness (QED) is 0.807. The predicted octanol–water partition coefficient (Wildman–Crippen LogP) is 3.59. The van der Waals surface area contributed by atoms with Crippen LogP contribution in [0.1, 0.15) is 25.7 Å². The highest BCUT2D eigenvalue weighted by Gasteiger charge is 2.48. The third kappa shape index (κ3) is 3.76. The Morgan fingerprint density at radius 2 is 1.46 bits per heavy atom. The lowest BCUT2D eigenvalue weighted by Crippen LogP contribution is -2.38. The lowest BCUT2D eigenvalue weighted by Gasteiger charge is -2.19. The van der Waals surface area contributed by atoms with E-state index < -0.39 is 0 Å². The fraction of sp³-hybridized carbons (Fsp3) is 0.318. The molecule has 4 rings (SSSR count). The molecule has 2 aromatic rings. The second-order valence-electron chi connectivity index (χ2n) is 7.25. The van der Waals surface area contributed by atoms with Crippen molar-refractivity contribution in [3.8, 4) is 11.5 Å². The lowest BCUT2D eigenvalue weighted by atomic mass is 9.81. The molecule has 0 aromatic heterocycles. The predicted molar refractivity (Wildman–Crippen MR) is 104 cm³/mol. The highest BCUT2D eigenvalue weighted by atomic mass is 16.5. The van der Waals surface area contributed by atoms with Gasteiger partial charge in [-0.25, -0.2) is 0 Å². The summed E-state index contributed by atoms with van der Waals surface area (Å²) in [5.41, 5.74) is 0.585. The number of carbonyl (C=O) groups is 3. The van der Waals surface area contributed by atoms with Crippen LogP contribution in [0.2, 0.25) is 0 Å². The van der Waals surface area contributed by atoms with Crippen LogP contribution in [0, 0.1) is 11.8 Å². The molecule has 0 radical (unpaired) electrons. The summed E-state index contributed by atoms with van der Waals surface area (Å²) in [6.45, 7) is -0.229. The minimum Gasteiger partial charge on any atom is -0.457 e. The molecule has 28 heavy (non-hydrogen) atoms. The van der Waals surface area contributed by atoms with E-state index in [0.29, 0.717) is 11.4 Å². The number of hydrogen-bond acceptors (Lipinski definition) is 4. The van der Waals surface area contributed by atoms with Crippen LogP contribution in [0.3, 0.4) is 0 Å². The van der Waals surface area contributed by atoms with Crippen molar-refractivity contribution in [1.82, 2.24) is 4.90 Å². The molecule has 1 N–H and O–H groups in total. The largest absolute Gasteiger partial charge is 0.457 e. The first-order valence-electron chi connectivity index (χ1n) is 9.60. The molecule has 1 aliphatic heterocycles. The van der Waals surface area contributed by atoms with Gasteiger partial charge in [0.05, 0.1) is 11.8 Å². The number of nitrogens with one attached hydrogen (secondary N) is 1. The van der Waals surface area contributed by atoms with Crippen LogP contribution in [0.25, 0.3) is 0 Å². The normalized spacial score (nSPS) is 21.4. The molecule has 2 atom stereocenters. The van der Waals surface area contributed by atoms with E-state index in [4.69, 9.17) is 4.74 Å². The zero-order valence-electron chi connectivity index (χ0n) is 15.5. The van der Waals surface area contributed by atoms with Gasteiger partial charge >= 0.3 is 0 Å². The summed E-state index contributed by atoms with van der Waals surface area (Å²) in [5, 5.41) is 2.74. The van der Waals surface area contributed by atoms with E-state index in [2.05, 4.69) is 5.32 Å². The topological polar surface area (TPSA) is 75.7 Å². The van der Waals surface area contributed by atoms with Gasteiger partial charge in [0, 0.05) is 5.69 Å². The summed E-state index contributed by atoms with van der Waals surface area (Å²) in [6.07, 6.45) is 3.43. The Morgan fingerprint density at radius 3 is 2.07 bits per heavy atom. The van der Waals surface area contributed by atoms with Crippen molar-refractivity contribution < 1.29 is 19.1 Å². The zero-order chi connectivity index (χ0) is 19.5. The third-order valence-corrected chi connectivity index (χ3v) is 5.35. The van der Waals surface area contributed by atoms with Crippen molar-refractivity contribution >= 4 is 23.4 Å². The Kier molecular flexibility index (Phi) is 5.10. The Bertz CT molecular complexity index is 855. The van der Waals surface area contributed by atoms with Gasteiger partial charge in [0.15, 0.2) is 0 Å². The molecule has 1 heterocycles. The number of likely N-dealkylation sites (tertiary alicyclic amines) is 1. The summed E-state index contributed by atoms with van der Waals surface area (Å²) in [4.78, 5) is 38.4. The molecule has 2 fully saturated rings. The summed E-state index contributed by atoms with van der Waals surface area (Å²) in [5.74, 6) is 0.141. The van der Waals surface area contributed by atoms with Crippen molar-refractivity contribution in [3.63, 3.8) is 0 Å². The number of benzene rings is 2. The zero-order valence-corrected chi connectivity index (χ0v) is 15.5. The third-order valence-electron chi connectivity index (χ3n) is 5.35. The fourth-order valence-electron chi connectivity index (χ4n) is 3.96. The monoisotopic (exact) mass is 378 g/mol. The molecule has 0 bridgehead atoms. The fourth-order valence-corrected chi connectivity index (χ4v) is 3.96. The van der Waals surface area contributed by atoms with Gasteiger partial charge in [0.1, 0.15) is 18.0 Å². The molecule has 3 amide bonds. The molecule has 1 saturated heterocycles. The number of rotatable bonds is 5. The second kappa shape index (κ2) is 7.84. The number of amides is 3. The molecule has 6 heteroatoms. The Balaban J connectivity index is 1.35. The van der Waals surface area contributed by atoms with E-state index in [0.717, 1.165) is 36.3 Å². The van der Waals surface area contributed by atoms with Crippen molar-refractivity contribution in [2.45, 2.75) is 25.7 Å². The van der Waals surface area contributed by atoms with Crippen LogP contribution in [0.15, 0.2) is 54.6 Å². The maximum absolute atomic E-state index is 12.5. The molecular formula is C22H22N2O4. The van der Waals surface area contributed by atoms with Crippen LogP contribution >= 0.6 is 0 Å². The van der Waals surface area contributed by atoms with Crippen LogP contribution in [0.4, 0.5) is 5.69 Å². The summed E-state index contributed by atoms with van der Waals surface area (Å²) in [6, 6.07) is 16.4. The number of ether oxygens (including phenoxy) is 1. The number of anilines is 1. The number of imide groups is 1. The number of para-hydroxylation sites is 1. The van der Waals surface area contributed by atoms with Crippen LogP contribution in [0.5, 0.6) is 11.5 Å². The summed E-state index contributed by atoms with van der Waals surface area (Å²) < 4.78 is 5.72. The molecule has 1 aliphatic carbocycles. The van der Waals surface area contributed by atoms with Gasteiger partial charge in [0.2, 0.25) is 17.7 Å². The lowest BCUT2D eigenvalue weighted by molar-refractivity contribution is -0.142. The highest BCUT2D eigenvalue weighted by Crippen LogP contribution is 2.37. The van der Waals surface area contributed by atoms with E-state index in [1.807, 2.05) is 30.3 Å². The number of carbonyl (C=O) groups excluding carboxylic acids is 3. The van der Waals surface area contributed by atoms with Gasteiger partial charge in [-0.3, -0.25) is 19.3 Å². The van der Waals surface area contributed by atoms with Gasteiger partial charge in [0.25, 0.3) is 0 Å². The van der Waals surface area contributed by atoms with Crippen molar-refractivity contribution in [1.29, 1.82) is 0 Å². The van der Waals surface area contributed by atoms with Crippen molar-refractivity contribution in [3.05, 3.63) is 54.6 Å². The molecular weight excluding hydrogens is 356 g/mol. The maximum atomic E-state index is 12.5. The van der Waals surface area contributed by atoms with Crippen LogP contribution in [-0.2, 0) is 14.4 Å². The second-order valence-corrected chi connectivity index (χ2v) is 7.25. The summed E-state index contributed by atoms with van der Waals surface area (Å²) in [7, 11) is 0. The van der Waals surface area contributed by atoms with Gasteiger partial charge in [-0.15, -0.1) is 0 Å². The standard InChI is InChI=1S/C22H22N2O4/c25-20(14-24-21(26)18-8-4-5-9-19(18)22(24)27)23-15-10-12-17(13-11-15)28-16-6-2-1-3-7-16/h1-3,6-7,10-13,18-19H,4-5,8-9,14H2,(H,23,25)/t18-,19-/m1/s1. The first-order chi connectivity index (χ1) is 13.6. The maximum Gasteiger partial charge on any atom is 0.244 e. The SMILES string of the molecule is O=C(CN1C(=O)[C@@H]2CCCC[C@H]2C1=O)Nc1ccc(Oc2ccccc2)cc1. The molecule has 0 unspecified atom stereocenters. The van der Waals surface area contributed by atoms with Gasteiger partial charge in [-0.05, 0) is 49.2 Å². The smallest absolute Gasteiger partial charge is 0.244 e. The van der Waals surface area contributed by atoms with Crippen LogP contribution in [-0.4, -0.2) is 29.2 Å². The average Bonchev–Trinajstić information content (AvgIpc) is 2.95. The number of fused-ring (bicyclic) bond motifs is 1. The number of hydrogen-bond donors (Lipinski definition) is 1. The molecule has 144 valence electrons. The summed E-state index contributed by atoms with van der Waals surface area (Å²) >= 11 is 0.